The lowest BCUT2D eigenvalue weighted by Crippen LogP contribution is -2.23. The Hall–Kier alpha value is -1.55. The Morgan fingerprint density at radius 2 is 2.18 bits per heavy atom. The summed E-state index contributed by atoms with van der Waals surface area (Å²) in [6.45, 7) is 0.778. The maximum absolute atomic E-state index is 11.5. The standard InChI is InChI=1S/C13H12O4/c14-13-10-2-8-4-12-11(16-6-17-12)3-7(8)1-9(10)5-15-13/h1,3,8,12H,2,4-6H2. The number of carbonyl (C=O) groups is 1. The van der Waals surface area contributed by atoms with Crippen LogP contribution in [0.15, 0.2) is 34.6 Å². The summed E-state index contributed by atoms with van der Waals surface area (Å²) in [7, 11) is 0. The molecule has 4 nitrogen and oxygen atoms in total. The minimum absolute atomic E-state index is 0.0803. The van der Waals surface area contributed by atoms with Crippen molar-refractivity contribution < 1.29 is 19.0 Å². The Morgan fingerprint density at radius 1 is 1.24 bits per heavy atom. The summed E-state index contributed by atoms with van der Waals surface area (Å²) in [4.78, 5) is 11.5. The van der Waals surface area contributed by atoms with Crippen molar-refractivity contribution >= 4 is 5.97 Å². The predicted octanol–water partition coefficient (Wildman–Crippen LogP) is 1.45. The first-order valence-electron chi connectivity index (χ1n) is 5.88. The lowest BCUT2D eigenvalue weighted by molar-refractivity contribution is -0.136. The largest absolute Gasteiger partial charge is 0.469 e. The zero-order chi connectivity index (χ0) is 11.4. The third kappa shape index (κ3) is 1.30. The molecule has 4 rings (SSSR count). The highest BCUT2D eigenvalue weighted by atomic mass is 16.7. The molecule has 88 valence electrons. The van der Waals surface area contributed by atoms with E-state index in [-0.39, 0.29) is 12.1 Å². The van der Waals surface area contributed by atoms with Crippen molar-refractivity contribution in [1.29, 1.82) is 0 Å². The molecule has 0 N–H and O–H groups in total. The quantitative estimate of drug-likeness (QED) is 0.593. The van der Waals surface area contributed by atoms with Crippen LogP contribution >= 0.6 is 0 Å². The average Bonchev–Trinajstić information content (AvgIpc) is 2.91. The van der Waals surface area contributed by atoms with E-state index in [1.807, 2.05) is 0 Å². The second-order valence-electron chi connectivity index (χ2n) is 4.83. The summed E-state index contributed by atoms with van der Waals surface area (Å²) in [5.41, 5.74) is 3.14. The van der Waals surface area contributed by atoms with E-state index in [0.29, 0.717) is 19.3 Å². The molecule has 0 bridgehead atoms. The van der Waals surface area contributed by atoms with Gasteiger partial charge in [-0.25, -0.2) is 4.79 Å². The number of hydrogen-bond acceptors (Lipinski definition) is 4. The molecular formula is C13H12O4. The average molecular weight is 232 g/mol. The molecule has 2 unspecified atom stereocenters. The normalized spacial score (nSPS) is 34.2. The summed E-state index contributed by atoms with van der Waals surface area (Å²) in [6.07, 6.45) is 5.92. The van der Waals surface area contributed by atoms with Crippen LogP contribution in [0.25, 0.3) is 0 Å². The Kier molecular flexibility index (Phi) is 1.80. The van der Waals surface area contributed by atoms with Crippen molar-refractivity contribution in [3.63, 3.8) is 0 Å². The Bertz CT molecular complexity index is 498. The summed E-state index contributed by atoms with van der Waals surface area (Å²) in [5, 5.41) is 0. The molecular weight excluding hydrogens is 220 g/mol. The smallest absolute Gasteiger partial charge is 0.334 e. The number of carbonyl (C=O) groups excluding carboxylic acids is 1. The van der Waals surface area contributed by atoms with E-state index in [1.54, 1.807) is 0 Å². The number of ether oxygens (including phenoxy) is 3. The van der Waals surface area contributed by atoms with Gasteiger partial charge < -0.3 is 14.2 Å². The minimum Gasteiger partial charge on any atom is -0.469 e. The summed E-state index contributed by atoms with van der Waals surface area (Å²) in [5.74, 6) is 1.16. The van der Waals surface area contributed by atoms with Crippen LogP contribution in [0.2, 0.25) is 0 Å². The monoisotopic (exact) mass is 232 g/mol. The SMILES string of the molecule is O=C1OCC2=C1CC1CC3OCOC3=CC1=C2. The molecule has 2 atom stereocenters. The van der Waals surface area contributed by atoms with Crippen LogP contribution in [-0.2, 0) is 19.0 Å². The van der Waals surface area contributed by atoms with Crippen LogP contribution in [0.4, 0.5) is 0 Å². The van der Waals surface area contributed by atoms with E-state index in [4.69, 9.17) is 14.2 Å². The Labute approximate surface area is 98.5 Å². The maximum Gasteiger partial charge on any atom is 0.334 e. The topological polar surface area (TPSA) is 44.8 Å². The van der Waals surface area contributed by atoms with Crippen LogP contribution in [0.1, 0.15) is 12.8 Å². The van der Waals surface area contributed by atoms with Gasteiger partial charge in [0.25, 0.3) is 0 Å². The molecule has 4 aliphatic rings. The summed E-state index contributed by atoms with van der Waals surface area (Å²) in [6, 6.07) is 0. The zero-order valence-corrected chi connectivity index (χ0v) is 9.27. The number of esters is 1. The van der Waals surface area contributed by atoms with Gasteiger partial charge in [-0.3, -0.25) is 0 Å². The molecule has 0 saturated carbocycles. The first-order chi connectivity index (χ1) is 8.31. The van der Waals surface area contributed by atoms with Crippen molar-refractivity contribution in [1.82, 2.24) is 0 Å². The van der Waals surface area contributed by atoms with Crippen molar-refractivity contribution in [2.45, 2.75) is 18.9 Å². The molecule has 1 fully saturated rings. The maximum atomic E-state index is 11.5. The van der Waals surface area contributed by atoms with Gasteiger partial charge in [0.1, 0.15) is 18.5 Å². The second kappa shape index (κ2) is 3.23. The molecule has 0 amide bonds. The van der Waals surface area contributed by atoms with Crippen LogP contribution in [0.5, 0.6) is 0 Å². The Morgan fingerprint density at radius 3 is 3.12 bits per heavy atom. The van der Waals surface area contributed by atoms with Gasteiger partial charge in [0.05, 0.1) is 0 Å². The van der Waals surface area contributed by atoms with Gasteiger partial charge >= 0.3 is 5.97 Å². The van der Waals surface area contributed by atoms with Gasteiger partial charge in [-0.1, -0.05) is 6.08 Å². The van der Waals surface area contributed by atoms with E-state index in [1.165, 1.54) is 5.57 Å². The van der Waals surface area contributed by atoms with Crippen molar-refractivity contribution in [2.75, 3.05) is 13.4 Å². The number of fused-ring (bicyclic) bond motifs is 2. The first-order valence-corrected chi connectivity index (χ1v) is 5.88. The predicted molar refractivity (Wildman–Crippen MR) is 57.7 cm³/mol. The molecule has 0 spiro atoms. The van der Waals surface area contributed by atoms with Gasteiger partial charge in [-0.15, -0.1) is 0 Å². The highest BCUT2D eigenvalue weighted by Crippen LogP contribution is 2.42. The molecule has 0 aromatic heterocycles. The molecule has 0 aromatic rings. The summed E-state index contributed by atoms with van der Waals surface area (Å²) < 4.78 is 16.0. The molecule has 0 aromatic carbocycles. The summed E-state index contributed by atoms with van der Waals surface area (Å²) >= 11 is 0. The zero-order valence-electron chi connectivity index (χ0n) is 9.27. The van der Waals surface area contributed by atoms with Crippen molar-refractivity contribution in [2.24, 2.45) is 5.92 Å². The fourth-order valence-electron chi connectivity index (χ4n) is 2.95. The van der Waals surface area contributed by atoms with Gasteiger partial charge in [-0.2, -0.15) is 0 Å². The highest BCUT2D eigenvalue weighted by Gasteiger charge is 2.38. The first kappa shape index (κ1) is 9.48. The van der Waals surface area contributed by atoms with Gasteiger partial charge in [0.15, 0.2) is 6.79 Å². The molecule has 0 radical (unpaired) electrons. The van der Waals surface area contributed by atoms with E-state index in [2.05, 4.69) is 12.2 Å². The van der Waals surface area contributed by atoms with Crippen molar-refractivity contribution in [3.05, 3.63) is 34.6 Å². The van der Waals surface area contributed by atoms with Gasteiger partial charge in [-0.05, 0) is 30.4 Å². The molecule has 2 aliphatic heterocycles. The number of allylic oxidation sites excluding steroid dienone is 2. The minimum atomic E-state index is -0.145. The second-order valence-corrected chi connectivity index (χ2v) is 4.83. The Balaban J connectivity index is 1.75. The number of cyclic esters (lactones) is 1. The molecule has 17 heavy (non-hydrogen) atoms. The van der Waals surface area contributed by atoms with Crippen molar-refractivity contribution in [3.8, 4) is 0 Å². The van der Waals surface area contributed by atoms with E-state index in [0.717, 1.165) is 29.7 Å². The molecule has 1 saturated heterocycles. The third-order valence-corrected chi connectivity index (χ3v) is 3.88. The third-order valence-electron chi connectivity index (χ3n) is 3.88. The molecule has 2 aliphatic carbocycles. The van der Waals surface area contributed by atoms with Crippen LogP contribution < -0.4 is 0 Å². The molecule has 2 heterocycles. The number of rotatable bonds is 0. The van der Waals surface area contributed by atoms with Gasteiger partial charge in [0.2, 0.25) is 0 Å². The van der Waals surface area contributed by atoms with E-state index in [9.17, 15) is 4.79 Å². The lowest BCUT2D eigenvalue weighted by atomic mass is 9.77. The van der Waals surface area contributed by atoms with Gasteiger partial charge in [0, 0.05) is 11.1 Å². The lowest BCUT2D eigenvalue weighted by Gasteiger charge is -2.28. The van der Waals surface area contributed by atoms with E-state index < -0.39 is 0 Å². The molecule has 4 heteroatoms. The fourth-order valence-corrected chi connectivity index (χ4v) is 2.95. The highest BCUT2D eigenvalue weighted by molar-refractivity contribution is 5.93. The van der Waals surface area contributed by atoms with Crippen LogP contribution in [0.3, 0.4) is 0 Å². The number of hydrogen-bond donors (Lipinski definition) is 0. The van der Waals surface area contributed by atoms with E-state index >= 15 is 0 Å². The van der Waals surface area contributed by atoms with Crippen LogP contribution in [0, 0.1) is 5.92 Å². The van der Waals surface area contributed by atoms with Crippen LogP contribution in [-0.4, -0.2) is 25.5 Å². The fraction of sp³-hybridized carbons (Fsp3) is 0.462.